The number of nitrogens with zero attached hydrogens (tertiary/aromatic N) is 1. The van der Waals surface area contributed by atoms with Gasteiger partial charge in [0, 0.05) is 17.4 Å². The number of para-hydroxylation sites is 1. The van der Waals surface area contributed by atoms with E-state index in [1.165, 1.54) is 0 Å². The molecular weight excluding hydrogens is 394 g/mol. The fourth-order valence-corrected chi connectivity index (χ4v) is 3.78. The molecule has 1 saturated heterocycles. The summed E-state index contributed by atoms with van der Waals surface area (Å²) in [5.41, 5.74) is 2.57. The zero-order chi connectivity index (χ0) is 21.4. The lowest BCUT2D eigenvalue weighted by Crippen LogP contribution is -2.23. The Morgan fingerprint density at radius 2 is 1.84 bits per heavy atom. The van der Waals surface area contributed by atoms with Crippen LogP contribution in [0.15, 0.2) is 66.7 Å². The summed E-state index contributed by atoms with van der Waals surface area (Å²) in [6, 6.07) is 20.9. The first kappa shape index (κ1) is 19.1. The van der Waals surface area contributed by atoms with Gasteiger partial charge < -0.3 is 14.2 Å². The number of hydrogen-bond donors (Lipinski definition) is 0. The maximum Gasteiger partial charge on any atom is 0.347 e. The van der Waals surface area contributed by atoms with Gasteiger partial charge in [0.05, 0.1) is 30.5 Å². The van der Waals surface area contributed by atoms with Crippen LogP contribution in [0.25, 0.3) is 32.9 Å². The molecule has 1 atom stereocenters. The number of carbonyl (C=O) groups excluding carboxylic acids is 2. The van der Waals surface area contributed by atoms with Gasteiger partial charge in [0.2, 0.25) is 6.10 Å². The quantitative estimate of drug-likeness (QED) is 0.458. The largest absolute Gasteiger partial charge is 0.497 e. The van der Waals surface area contributed by atoms with Crippen molar-refractivity contribution in [2.24, 2.45) is 0 Å². The van der Waals surface area contributed by atoms with Gasteiger partial charge in [-0.2, -0.15) is 0 Å². The number of pyridine rings is 1. The van der Waals surface area contributed by atoms with Crippen molar-refractivity contribution in [3.8, 4) is 17.0 Å². The zero-order valence-electron chi connectivity index (χ0n) is 16.8. The van der Waals surface area contributed by atoms with Gasteiger partial charge in [0.25, 0.3) is 0 Å². The predicted molar refractivity (Wildman–Crippen MR) is 116 cm³/mol. The minimum Gasteiger partial charge on any atom is -0.497 e. The lowest BCUT2D eigenvalue weighted by atomic mass is 10.0. The molecule has 3 aromatic carbocycles. The maximum absolute atomic E-state index is 13.0. The molecule has 0 N–H and O–H groups in total. The molecule has 0 bridgehead atoms. The van der Waals surface area contributed by atoms with E-state index in [1.807, 2.05) is 60.7 Å². The minimum absolute atomic E-state index is 0.265. The molecule has 0 saturated carbocycles. The summed E-state index contributed by atoms with van der Waals surface area (Å²) in [6.45, 7) is 0.265. The van der Waals surface area contributed by atoms with Gasteiger partial charge in [-0.15, -0.1) is 0 Å². The monoisotopic (exact) mass is 413 g/mol. The molecule has 1 aliphatic heterocycles. The van der Waals surface area contributed by atoms with E-state index in [4.69, 9.17) is 19.2 Å². The van der Waals surface area contributed by atoms with Crippen molar-refractivity contribution in [1.82, 2.24) is 4.98 Å². The lowest BCUT2D eigenvalue weighted by molar-refractivity contribution is -0.145. The molecule has 4 aromatic rings. The summed E-state index contributed by atoms with van der Waals surface area (Å²) in [7, 11) is 1.64. The molecule has 0 spiro atoms. The molecule has 0 radical (unpaired) electrons. The first-order chi connectivity index (χ1) is 15.1. The molecule has 2 heterocycles. The molecule has 6 nitrogen and oxygen atoms in total. The van der Waals surface area contributed by atoms with Crippen LogP contribution in [-0.4, -0.2) is 36.7 Å². The normalized spacial score (nSPS) is 15.8. The second-order valence-electron chi connectivity index (χ2n) is 7.35. The summed E-state index contributed by atoms with van der Waals surface area (Å²) >= 11 is 0. The first-order valence-electron chi connectivity index (χ1n) is 9.98. The number of benzene rings is 3. The van der Waals surface area contributed by atoms with Crippen molar-refractivity contribution in [2.75, 3.05) is 13.7 Å². The van der Waals surface area contributed by atoms with Crippen molar-refractivity contribution in [1.29, 1.82) is 0 Å². The van der Waals surface area contributed by atoms with Gasteiger partial charge in [-0.25, -0.2) is 14.6 Å². The van der Waals surface area contributed by atoms with E-state index >= 15 is 0 Å². The molecule has 31 heavy (non-hydrogen) atoms. The molecule has 1 fully saturated rings. The third-order valence-electron chi connectivity index (χ3n) is 5.42. The van der Waals surface area contributed by atoms with Gasteiger partial charge >= 0.3 is 11.9 Å². The van der Waals surface area contributed by atoms with Gasteiger partial charge in [-0.05, 0) is 41.1 Å². The van der Waals surface area contributed by atoms with Crippen LogP contribution < -0.4 is 4.74 Å². The van der Waals surface area contributed by atoms with Crippen molar-refractivity contribution >= 4 is 33.6 Å². The summed E-state index contributed by atoms with van der Waals surface area (Å²) < 4.78 is 15.6. The Morgan fingerprint density at radius 1 is 1.03 bits per heavy atom. The minimum atomic E-state index is -0.862. The Bertz CT molecular complexity index is 1330. The summed E-state index contributed by atoms with van der Waals surface area (Å²) in [6.07, 6.45) is -0.493. The number of methoxy groups -OCH3 is 1. The topological polar surface area (TPSA) is 74.7 Å². The van der Waals surface area contributed by atoms with Crippen molar-refractivity contribution in [3.05, 3.63) is 72.3 Å². The number of fused-ring (bicyclic) bond motifs is 2. The van der Waals surface area contributed by atoms with Crippen LogP contribution in [0.1, 0.15) is 16.8 Å². The number of ether oxygens (including phenoxy) is 3. The SMILES string of the molecule is COc1ccc2cc(-c3cc(C(=O)O[C@H]4CCOC4=O)c4ccccc4n3)ccc2c1. The second-order valence-corrected chi connectivity index (χ2v) is 7.35. The van der Waals surface area contributed by atoms with Crippen LogP contribution in [0.2, 0.25) is 0 Å². The zero-order valence-corrected chi connectivity index (χ0v) is 16.8. The number of carbonyl (C=O) groups is 2. The standard InChI is InChI=1S/C25H19NO5/c1-29-18-9-8-15-12-17(7-6-16(15)13-18)22-14-20(19-4-2-3-5-21(19)26-22)24(27)31-23-10-11-30-25(23)28/h2-9,12-14,23H,10-11H2,1H3/t23-/m0/s1. The molecule has 1 aliphatic rings. The molecule has 1 aromatic heterocycles. The molecular formula is C25H19NO5. The molecule has 5 rings (SSSR count). The van der Waals surface area contributed by atoms with E-state index in [-0.39, 0.29) is 6.61 Å². The summed E-state index contributed by atoms with van der Waals surface area (Å²) in [5.74, 6) is -0.273. The van der Waals surface area contributed by atoms with Crippen LogP contribution in [0.5, 0.6) is 5.75 Å². The van der Waals surface area contributed by atoms with Crippen LogP contribution >= 0.6 is 0 Å². The maximum atomic E-state index is 13.0. The highest BCUT2D eigenvalue weighted by Gasteiger charge is 2.31. The highest BCUT2D eigenvalue weighted by atomic mass is 16.6. The van der Waals surface area contributed by atoms with Crippen molar-refractivity contribution < 1.29 is 23.8 Å². The highest BCUT2D eigenvalue weighted by molar-refractivity contribution is 6.05. The Hall–Kier alpha value is -3.93. The number of rotatable bonds is 4. The van der Waals surface area contributed by atoms with Crippen LogP contribution in [0.3, 0.4) is 0 Å². The first-order valence-corrected chi connectivity index (χ1v) is 9.98. The van der Waals surface area contributed by atoms with E-state index in [0.717, 1.165) is 22.1 Å². The average molecular weight is 413 g/mol. The third-order valence-corrected chi connectivity index (χ3v) is 5.42. The van der Waals surface area contributed by atoms with Crippen LogP contribution in [0.4, 0.5) is 0 Å². The fraction of sp³-hybridized carbons (Fsp3) is 0.160. The number of esters is 2. The smallest absolute Gasteiger partial charge is 0.347 e. The van der Waals surface area contributed by atoms with Gasteiger partial charge in [-0.1, -0.05) is 36.4 Å². The molecule has 0 amide bonds. The van der Waals surface area contributed by atoms with Gasteiger partial charge in [0.15, 0.2) is 0 Å². The van der Waals surface area contributed by atoms with Gasteiger partial charge in [-0.3, -0.25) is 0 Å². The number of cyclic esters (lactones) is 1. The lowest BCUT2D eigenvalue weighted by Gasteiger charge is -2.12. The Morgan fingerprint density at radius 3 is 2.65 bits per heavy atom. The molecule has 0 aliphatic carbocycles. The Kier molecular flexibility index (Phi) is 4.75. The van der Waals surface area contributed by atoms with E-state index in [0.29, 0.717) is 28.6 Å². The fourth-order valence-electron chi connectivity index (χ4n) is 3.78. The number of aromatic nitrogens is 1. The van der Waals surface area contributed by atoms with E-state index < -0.39 is 18.0 Å². The molecule has 6 heteroatoms. The summed E-state index contributed by atoms with van der Waals surface area (Å²) in [4.78, 5) is 29.4. The number of hydrogen-bond acceptors (Lipinski definition) is 6. The third kappa shape index (κ3) is 3.57. The summed E-state index contributed by atoms with van der Waals surface area (Å²) in [5, 5.41) is 2.75. The van der Waals surface area contributed by atoms with Crippen molar-refractivity contribution in [3.63, 3.8) is 0 Å². The van der Waals surface area contributed by atoms with E-state index in [1.54, 1.807) is 13.2 Å². The Labute approximate surface area is 178 Å². The van der Waals surface area contributed by atoms with E-state index in [2.05, 4.69) is 0 Å². The van der Waals surface area contributed by atoms with Crippen molar-refractivity contribution in [2.45, 2.75) is 12.5 Å². The van der Waals surface area contributed by atoms with Gasteiger partial charge in [0.1, 0.15) is 5.75 Å². The molecule has 154 valence electrons. The Balaban J connectivity index is 1.58. The van der Waals surface area contributed by atoms with Crippen LogP contribution in [-0.2, 0) is 14.3 Å². The second kappa shape index (κ2) is 7.72. The predicted octanol–water partition coefficient (Wildman–Crippen LogP) is 4.54. The van der Waals surface area contributed by atoms with Crippen LogP contribution in [0, 0.1) is 0 Å². The highest BCUT2D eigenvalue weighted by Crippen LogP contribution is 2.29. The van der Waals surface area contributed by atoms with E-state index in [9.17, 15) is 9.59 Å². The average Bonchev–Trinajstić information content (AvgIpc) is 3.21. The molecule has 0 unspecified atom stereocenters.